The average molecular weight is 320 g/mol. The first-order valence-corrected chi connectivity index (χ1v) is 8.37. The molecule has 1 aliphatic rings. The lowest BCUT2D eigenvalue weighted by molar-refractivity contribution is -0.124. The van der Waals surface area contributed by atoms with E-state index in [1.54, 1.807) is 0 Å². The Balaban J connectivity index is 2.08. The Bertz CT molecular complexity index is 596. The summed E-state index contributed by atoms with van der Waals surface area (Å²) in [6.07, 6.45) is 0. The van der Waals surface area contributed by atoms with Crippen LogP contribution in [0.1, 0.15) is 0 Å². The molecule has 1 heterocycles. The molecule has 0 radical (unpaired) electrons. The molecule has 1 saturated heterocycles. The van der Waals surface area contributed by atoms with Gasteiger partial charge in [0.25, 0.3) is 5.24 Å². The van der Waals surface area contributed by atoms with Crippen LogP contribution in [0.15, 0.2) is 29.2 Å². The predicted octanol–water partition coefficient (Wildman–Crippen LogP) is 1.81. The van der Waals surface area contributed by atoms with E-state index in [1.165, 1.54) is 24.3 Å². The Morgan fingerprint density at radius 2 is 1.84 bits per heavy atom. The summed E-state index contributed by atoms with van der Waals surface area (Å²) in [5, 5.41) is 0.0524. The van der Waals surface area contributed by atoms with Crippen LogP contribution < -0.4 is 0 Å². The number of benzene rings is 1. The van der Waals surface area contributed by atoms with Gasteiger partial charge >= 0.3 is 0 Å². The second-order valence-electron chi connectivity index (χ2n) is 3.87. The highest BCUT2D eigenvalue weighted by Gasteiger charge is 2.31. The highest BCUT2D eigenvalue weighted by Crippen LogP contribution is 2.20. The molecule has 0 unspecified atom stereocenters. The number of amides is 2. The number of hydrogen-bond donors (Lipinski definition) is 0. The van der Waals surface area contributed by atoms with E-state index >= 15 is 0 Å². The van der Waals surface area contributed by atoms with Crippen molar-refractivity contribution in [3.8, 4) is 0 Å². The lowest BCUT2D eigenvalue weighted by Crippen LogP contribution is -2.33. The molecule has 0 saturated carbocycles. The predicted molar refractivity (Wildman–Crippen MR) is 73.1 cm³/mol. The number of carbonyl (C=O) groups excluding carboxylic acids is 2. The van der Waals surface area contributed by atoms with Crippen LogP contribution in [0.4, 0.5) is 4.79 Å². The molecule has 0 N–H and O–H groups in total. The van der Waals surface area contributed by atoms with Gasteiger partial charge < -0.3 is 0 Å². The van der Waals surface area contributed by atoms with Gasteiger partial charge in [-0.3, -0.25) is 14.5 Å². The summed E-state index contributed by atoms with van der Waals surface area (Å²) < 4.78 is 24.0. The second-order valence-corrected chi connectivity index (χ2v) is 7.34. The molecular weight excluding hydrogens is 310 g/mol. The zero-order chi connectivity index (χ0) is 14.0. The van der Waals surface area contributed by atoms with E-state index in [1.807, 2.05) is 0 Å². The van der Waals surface area contributed by atoms with Crippen LogP contribution in [0.5, 0.6) is 0 Å². The van der Waals surface area contributed by atoms with E-state index in [2.05, 4.69) is 0 Å². The van der Waals surface area contributed by atoms with Crippen LogP contribution in [0.2, 0.25) is 5.02 Å². The fourth-order valence-electron chi connectivity index (χ4n) is 1.57. The standard InChI is InChI=1S/C11H10ClNO4S2/c12-8-1-3-9(4-2-8)19(16,17)6-5-13-10(14)7-18-11(13)15/h1-4H,5-7H2. The molecule has 0 atom stereocenters. The topological polar surface area (TPSA) is 71.5 Å². The van der Waals surface area contributed by atoms with Crippen molar-refractivity contribution in [2.75, 3.05) is 18.1 Å². The number of thioether (sulfide) groups is 1. The number of hydrogen-bond acceptors (Lipinski definition) is 5. The third-order valence-electron chi connectivity index (χ3n) is 2.60. The summed E-state index contributed by atoms with van der Waals surface area (Å²) in [4.78, 5) is 23.8. The molecule has 8 heteroatoms. The number of rotatable bonds is 4. The van der Waals surface area contributed by atoms with Crippen molar-refractivity contribution in [1.82, 2.24) is 4.90 Å². The maximum absolute atomic E-state index is 12.0. The molecule has 1 aliphatic heterocycles. The van der Waals surface area contributed by atoms with Gasteiger partial charge in [-0.25, -0.2) is 8.42 Å². The lowest BCUT2D eigenvalue weighted by Gasteiger charge is -2.12. The Kier molecular flexibility index (Phi) is 4.17. The summed E-state index contributed by atoms with van der Waals surface area (Å²) in [6.45, 7) is -0.115. The molecule has 0 aliphatic carbocycles. The van der Waals surface area contributed by atoms with Gasteiger partial charge in [0.1, 0.15) is 0 Å². The van der Waals surface area contributed by atoms with Gasteiger partial charge in [-0.2, -0.15) is 0 Å². The molecular formula is C11H10ClNO4S2. The lowest BCUT2D eigenvalue weighted by atomic mass is 10.4. The molecule has 2 amide bonds. The number of sulfone groups is 1. The van der Waals surface area contributed by atoms with E-state index < -0.39 is 15.1 Å². The first kappa shape index (κ1) is 14.4. The first-order valence-electron chi connectivity index (χ1n) is 5.35. The van der Waals surface area contributed by atoms with E-state index in [0.717, 1.165) is 16.7 Å². The average Bonchev–Trinajstić information content (AvgIpc) is 2.67. The molecule has 0 bridgehead atoms. The minimum Gasteiger partial charge on any atom is -0.273 e. The zero-order valence-corrected chi connectivity index (χ0v) is 12.1. The Hall–Kier alpha value is -1.05. The largest absolute Gasteiger partial charge is 0.288 e. The minimum absolute atomic E-state index is 0.0832. The molecule has 2 rings (SSSR count). The Morgan fingerprint density at radius 3 is 2.37 bits per heavy atom. The van der Waals surface area contributed by atoms with Crippen molar-refractivity contribution in [2.24, 2.45) is 0 Å². The smallest absolute Gasteiger partial charge is 0.273 e. The Labute approximate surface area is 119 Å². The van der Waals surface area contributed by atoms with Crippen LogP contribution in [-0.4, -0.2) is 42.5 Å². The normalized spacial score (nSPS) is 16.2. The van der Waals surface area contributed by atoms with Gasteiger partial charge in [0.2, 0.25) is 5.91 Å². The maximum Gasteiger partial charge on any atom is 0.288 e. The maximum atomic E-state index is 12.0. The van der Waals surface area contributed by atoms with E-state index in [4.69, 9.17) is 11.6 Å². The van der Waals surface area contributed by atoms with Gasteiger partial charge in [-0.15, -0.1) is 0 Å². The third kappa shape index (κ3) is 3.29. The highest BCUT2D eigenvalue weighted by atomic mass is 35.5. The van der Waals surface area contributed by atoms with Crippen LogP contribution in [0.25, 0.3) is 0 Å². The molecule has 5 nitrogen and oxygen atoms in total. The summed E-state index contributed by atoms with van der Waals surface area (Å²) >= 11 is 6.57. The summed E-state index contributed by atoms with van der Waals surface area (Å²) in [7, 11) is -3.53. The zero-order valence-electron chi connectivity index (χ0n) is 9.71. The van der Waals surface area contributed by atoms with Crippen molar-refractivity contribution in [3.05, 3.63) is 29.3 Å². The molecule has 102 valence electrons. The van der Waals surface area contributed by atoms with E-state index in [-0.39, 0.29) is 28.9 Å². The quantitative estimate of drug-likeness (QED) is 0.846. The SMILES string of the molecule is O=C1CSC(=O)N1CCS(=O)(=O)c1ccc(Cl)cc1. The summed E-state index contributed by atoms with van der Waals surface area (Å²) in [6, 6.07) is 5.77. The highest BCUT2D eigenvalue weighted by molar-refractivity contribution is 8.14. The van der Waals surface area contributed by atoms with Crippen LogP contribution in [0, 0.1) is 0 Å². The first-order chi connectivity index (χ1) is 8.90. The molecule has 0 spiro atoms. The van der Waals surface area contributed by atoms with Gasteiger partial charge in [-0.1, -0.05) is 23.4 Å². The van der Waals surface area contributed by atoms with Crippen LogP contribution >= 0.6 is 23.4 Å². The van der Waals surface area contributed by atoms with Crippen LogP contribution in [-0.2, 0) is 14.6 Å². The van der Waals surface area contributed by atoms with Gasteiger partial charge in [0.15, 0.2) is 9.84 Å². The van der Waals surface area contributed by atoms with Crippen molar-refractivity contribution in [1.29, 1.82) is 0 Å². The Morgan fingerprint density at radius 1 is 1.21 bits per heavy atom. The molecule has 1 aromatic rings. The summed E-state index contributed by atoms with van der Waals surface area (Å²) in [5.41, 5.74) is 0. The van der Waals surface area contributed by atoms with Crippen molar-refractivity contribution >= 4 is 44.3 Å². The van der Waals surface area contributed by atoms with Crippen molar-refractivity contribution in [3.63, 3.8) is 0 Å². The molecule has 0 aromatic heterocycles. The van der Waals surface area contributed by atoms with Crippen molar-refractivity contribution < 1.29 is 18.0 Å². The van der Waals surface area contributed by atoms with E-state index in [0.29, 0.717) is 5.02 Å². The van der Waals surface area contributed by atoms with Gasteiger partial charge in [-0.05, 0) is 24.3 Å². The molecule has 1 aromatic carbocycles. The third-order valence-corrected chi connectivity index (χ3v) is 5.42. The monoisotopic (exact) mass is 319 g/mol. The van der Waals surface area contributed by atoms with Gasteiger partial charge in [0, 0.05) is 11.6 Å². The van der Waals surface area contributed by atoms with Crippen LogP contribution in [0.3, 0.4) is 0 Å². The number of halogens is 1. The van der Waals surface area contributed by atoms with E-state index in [9.17, 15) is 18.0 Å². The second kappa shape index (κ2) is 5.52. The summed E-state index contributed by atoms with van der Waals surface area (Å²) in [5.74, 6) is -0.548. The molecule has 1 fully saturated rings. The number of nitrogens with zero attached hydrogens (tertiary/aromatic N) is 1. The van der Waals surface area contributed by atoms with Gasteiger partial charge in [0.05, 0.1) is 16.4 Å². The number of imide groups is 1. The molecule has 19 heavy (non-hydrogen) atoms. The number of carbonyl (C=O) groups is 2. The fraction of sp³-hybridized carbons (Fsp3) is 0.273. The van der Waals surface area contributed by atoms with Crippen molar-refractivity contribution in [2.45, 2.75) is 4.90 Å². The minimum atomic E-state index is -3.53. The fourth-order valence-corrected chi connectivity index (χ4v) is 3.66.